The first-order valence-electron chi connectivity index (χ1n) is 9.55. The van der Waals surface area contributed by atoms with Gasteiger partial charge in [-0.2, -0.15) is 5.10 Å². The van der Waals surface area contributed by atoms with Crippen molar-refractivity contribution in [1.29, 1.82) is 0 Å². The fourth-order valence-electron chi connectivity index (χ4n) is 2.95. The fourth-order valence-corrected chi connectivity index (χ4v) is 4.00. The average molecular weight is 432 g/mol. The lowest BCUT2D eigenvalue weighted by atomic mass is 10.1. The number of ether oxygens (including phenoxy) is 2. The van der Waals surface area contributed by atoms with E-state index >= 15 is 0 Å². The number of aromatic nitrogens is 4. The van der Waals surface area contributed by atoms with E-state index in [9.17, 15) is 9.90 Å². The summed E-state index contributed by atoms with van der Waals surface area (Å²) in [6.07, 6.45) is 2.26. The predicted octanol–water partition coefficient (Wildman–Crippen LogP) is 2.87. The maximum absolute atomic E-state index is 11.2. The van der Waals surface area contributed by atoms with Crippen LogP contribution in [0.2, 0.25) is 0 Å². The van der Waals surface area contributed by atoms with Crippen molar-refractivity contribution in [2.75, 3.05) is 26.9 Å². The number of fused-ring (bicyclic) bond motifs is 3. The van der Waals surface area contributed by atoms with E-state index in [1.165, 1.54) is 6.33 Å². The molecule has 0 radical (unpaired) electrons. The molecule has 0 spiro atoms. The number of nitrogens with two attached hydrogens (primary N) is 1. The van der Waals surface area contributed by atoms with Crippen molar-refractivity contribution < 1.29 is 19.4 Å². The Bertz CT molecular complexity index is 1010. The minimum atomic E-state index is -0.972. The zero-order chi connectivity index (χ0) is 21.7. The summed E-state index contributed by atoms with van der Waals surface area (Å²) in [7, 11) is 1.63. The minimum Gasteiger partial charge on any atom is -0.492 e. The number of carbonyl (C=O) groups is 1. The van der Waals surface area contributed by atoms with Crippen LogP contribution < -0.4 is 10.5 Å². The summed E-state index contributed by atoms with van der Waals surface area (Å²) in [4.78, 5) is 21.4. The molecule has 3 aromatic rings. The summed E-state index contributed by atoms with van der Waals surface area (Å²) >= 11 is 1.58. The van der Waals surface area contributed by atoms with E-state index < -0.39 is 5.97 Å². The Morgan fingerprint density at radius 1 is 1.43 bits per heavy atom. The fraction of sp³-hybridized carbons (Fsp3) is 0.400. The predicted molar refractivity (Wildman–Crippen MR) is 114 cm³/mol. The Balaban J connectivity index is 0.000000461. The number of rotatable bonds is 5. The van der Waals surface area contributed by atoms with Gasteiger partial charge >= 0.3 is 5.97 Å². The number of thiazole rings is 1. The molecule has 0 bridgehead atoms. The third-order valence-corrected chi connectivity index (χ3v) is 5.45. The Morgan fingerprint density at radius 2 is 2.23 bits per heavy atom. The molecule has 0 amide bonds. The van der Waals surface area contributed by atoms with E-state index in [1.54, 1.807) is 36.6 Å². The quantitative estimate of drug-likeness (QED) is 0.632. The van der Waals surface area contributed by atoms with Crippen LogP contribution in [0.15, 0.2) is 24.5 Å². The molecule has 1 aromatic carbocycles. The molecule has 0 saturated carbocycles. The van der Waals surface area contributed by atoms with Crippen LogP contribution in [-0.4, -0.2) is 57.7 Å². The maximum Gasteiger partial charge on any atom is 0.335 e. The van der Waals surface area contributed by atoms with Crippen LogP contribution in [0.4, 0.5) is 0 Å². The highest BCUT2D eigenvalue weighted by Gasteiger charge is 2.24. The summed E-state index contributed by atoms with van der Waals surface area (Å²) < 4.78 is 12.2. The Morgan fingerprint density at radius 3 is 2.87 bits per heavy atom. The highest BCUT2D eigenvalue weighted by Crippen LogP contribution is 2.40. The molecule has 30 heavy (non-hydrogen) atoms. The Labute approximate surface area is 178 Å². The molecular weight excluding hydrogens is 406 g/mol. The zero-order valence-electron chi connectivity index (χ0n) is 17.2. The van der Waals surface area contributed by atoms with Crippen molar-refractivity contribution in [2.45, 2.75) is 26.3 Å². The van der Waals surface area contributed by atoms with Crippen LogP contribution >= 0.6 is 11.3 Å². The van der Waals surface area contributed by atoms with Crippen LogP contribution in [0.25, 0.3) is 22.1 Å². The molecular formula is C20H25N5O4S. The van der Waals surface area contributed by atoms with Gasteiger partial charge in [0.25, 0.3) is 0 Å². The lowest BCUT2D eigenvalue weighted by molar-refractivity contribution is 0.0696. The summed E-state index contributed by atoms with van der Waals surface area (Å²) in [6, 6.07) is 5.09. The zero-order valence-corrected chi connectivity index (χ0v) is 18.0. The van der Waals surface area contributed by atoms with Crippen molar-refractivity contribution in [1.82, 2.24) is 19.7 Å². The van der Waals surface area contributed by atoms with Gasteiger partial charge < -0.3 is 20.3 Å². The molecule has 0 saturated heterocycles. The largest absolute Gasteiger partial charge is 0.492 e. The van der Waals surface area contributed by atoms with E-state index in [-0.39, 0.29) is 11.6 Å². The van der Waals surface area contributed by atoms with Gasteiger partial charge in [-0.25, -0.2) is 19.4 Å². The molecule has 9 nitrogen and oxygen atoms in total. The smallest absolute Gasteiger partial charge is 0.335 e. The minimum absolute atomic E-state index is 0.190. The number of carboxylic acids is 1. The van der Waals surface area contributed by atoms with Gasteiger partial charge in [-0.15, -0.1) is 11.3 Å². The van der Waals surface area contributed by atoms with Crippen molar-refractivity contribution in [3.8, 4) is 27.8 Å². The lowest BCUT2D eigenvalue weighted by Gasteiger charge is -2.08. The van der Waals surface area contributed by atoms with Crippen molar-refractivity contribution in [3.05, 3.63) is 35.0 Å². The first-order chi connectivity index (χ1) is 14.5. The van der Waals surface area contributed by atoms with Gasteiger partial charge in [0.2, 0.25) is 0 Å². The third-order valence-electron chi connectivity index (χ3n) is 4.34. The van der Waals surface area contributed by atoms with Crippen molar-refractivity contribution in [2.24, 2.45) is 5.73 Å². The normalized spacial score (nSPS) is 12.3. The Hall–Kier alpha value is -2.82. The van der Waals surface area contributed by atoms with Crippen LogP contribution in [0.5, 0.6) is 5.75 Å². The topological polar surface area (TPSA) is 125 Å². The first kappa shape index (κ1) is 21.9. The molecule has 10 heteroatoms. The number of nitrogens with zero attached hydrogens (tertiary/aromatic N) is 4. The number of benzene rings is 1. The van der Waals surface area contributed by atoms with Crippen LogP contribution in [0.1, 0.15) is 35.1 Å². The molecule has 2 aromatic heterocycles. The molecule has 1 aliphatic rings. The second-order valence-corrected chi connectivity index (χ2v) is 7.89. The summed E-state index contributed by atoms with van der Waals surface area (Å²) in [5.41, 5.74) is 6.87. The molecule has 3 heterocycles. The van der Waals surface area contributed by atoms with E-state index in [0.29, 0.717) is 25.5 Å². The molecule has 1 aliphatic heterocycles. The van der Waals surface area contributed by atoms with E-state index in [2.05, 4.69) is 14.8 Å². The number of carboxylic acid groups (broad SMARTS) is 1. The summed E-state index contributed by atoms with van der Waals surface area (Å²) in [6.45, 7) is 5.87. The third kappa shape index (κ3) is 4.66. The van der Waals surface area contributed by atoms with E-state index in [4.69, 9.17) is 15.5 Å². The molecule has 4 rings (SSSR count). The number of methoxy groups -OCH3 is 1. The molecule has 0 fully saturated rings. The Kier molecular flexibility index (Phi) is 7.14. The highest BCUT2D eigenvalue weighted by atomic mass is 32.1. The van der Waals surface area contributed by atoms with E-state index in [0.717, 1.165) is 33.4 Å². The average Bonchev–Trinajstić information content (AvgIpc) is 3.33. The van der Waals surface area contributed by atoms with Crippen molar-refractivity contribution >= 4 is 17.3 Å². The van der Waals surface area contributed by atoms with Crippen LogP contribution in [0.3, 0.4) is 0 Å². The molecule has 3 N–H and O–H groups in total. The molecule has 0 unspecified atom stereocenters. The van der Waals surface area contributed by atoms with Gasteiger partial charge in [-0.3, -0.25) is 0 Å². The summed E-state index contributed by atoms with van der Waals surface area (Å²) in [5, 5.41) is 14.3. The van der Waals surface area contributed by atoms with Gasteiger partial charge in [-0.1, -0.05) is 0 Å². The van der Waals surface area contributed by atoms with Gasteiger partial charge in [0.15, 0.2) is 10.8 Å². The van der Waals surface area contributed by atoms with Gasteiger partial charge in [-0.05, 0) is 32.0 Å². The van der Waals surface area contributed by atoms with Gasteiger partial charge in [0, 0.05) is 36.6 Å². The van der Waals surface area contributed by atoms with E-state index in [1.807, 2.05) is 18.5 Å². The van der Waals surface area contributed by atoms with Gasteiger partial charge in [0.1, 0.15) is 12.1 Å². The number of aromatic carboxylic acids is 1. The van der Waals surface area contributed by atoms with Crippen LogP contribution in [-0.2, 0) is 11.2 Å². The molecule has 160 valence electrons. The van der Waals surface area contributed by atoms with Gasteiger partial charge in [0.05, 0.1) is 24.5 Å². The van der Waals surface area contributed by atoms with Crippen molar-refractivity contribution in [3.63, 3.8) is 0 Å². The SMILES string of the molecule is CC(C)n1ncnc1-c1nc2c(s1)CCOc1cc(C(=O)O)ccc1-2.COCCN. The second kappa shape index (κ2) is 9.79. The second-order valence-electron chi connectivity index (χ2n) is 6.81. The standard InChI is InChI=1S/C17H16N4O3S.C3H9NO/c1-9(2)21-15(18-8-19-21)16-20-14-11-4-3-10(17(22)23)7-12(11)24-6-5-13(14)25-16;1-5-3-2-4/h3-4,7-9H,5-6H2,1-2H3,(H,22,23);2-4H2,1H3. The first-order valence-corrected chi connectivity index (χ1v) is 10.4. The monoisotopic (exact) mass is 431 g/mol. The highest BCUT2D eigenvalue weighted by molar-refractivity contribution is 7.15. The maximum atomic E-state index is 11.2. The summed E-state index contributed by atoms with van der Waals surface area (Å²) in [5.74, 6) is 0.332. The molecule has 0 aliphatic carbocycles. The van der Waals surface area contributed by atoms with Crippen LogP contribution in [0, 0.1) is 0 Å². The lowest BCUT2D eigenvalue weighted by Crippen LogP contribution is -2.05. The molecule has 0 atom stereocenters. The number of hydrogen-bond acceptors (Lipinski definition) is 8. The number of hydrogen-bond donors (Lipinski definition) is 2.